The zero-order chi connectivity index (χ0) is 42.8. The van der Waals surface area contributed by atoms with Gasteiger partial charge in [0.15, 0.2) is 116 Å². The fraction of sp³-hybridized carbons (Fsp3) is 0.0769. The van der Waals surface area contributed by atoms with Crippen molar-refractivity contribution in [3.05, 3.63) is 116 Å². The Morgan fingerprint density at radius 3 is 0.414 bits per heavy atom. The second kappa shape index (κ2) is 14.0. The maximum Gasteiger partial charge on any atom is 0.511 e. The lowest BCUT2D eigenvalue weighted by atomic mass is 9.72. The average Bonchev–Trinajstić information content (AvgIpc) is 3.13. The van der Waals surface area contributed by atoms with Crippen molar-refractivity contribution in [2.24, 2.45) is 0 Å². The molecule has 0 atom stereocenters. The molecule has 0 N–H and O–H groups in total. The quantitative estimate of drug-likeness (QED) is 0.133. The molecule has 0 unspecified atom stereocenters. The van der Waals surface area contributed by atoms with E-state index in [1.165, 1.54) is 0 Å². The number of hydrogen-bond acceptors (Lipinski definition) is 8. The first kappa shape index (κ1) is 41.6. The van der Waals surface area contributed by atoms with Gasteiger partial charge >= 0.3 is 40.8 Å². The van der Waals surface area contributed by atoms with Gasteiger partial charge < -0.3 is 37.2 Å². The minimum atomic E-state index is -2.71. The molecule has 4 aromatic rings. The predicted molar refractivity (Wildman–Crippen MR) is 141 cm³/mol. The molecule has 8 nitrogen and oxygen atoms in total. The molecule has 32 heteroatoms. The molecular formula is C26B4F20O8. The van der Waals surface area contributed by atoms with Crippen molar-refractivity contribution < 1.29 is 125 Å². The van der Waals surface area contributed by atoms with E-state index in [9.17, 15) is 87.8 Å². The highest BCUT2D eigenvalue weighted by Gasteiger charge is 2.69. The van der Waals surface area contributed by atoms with Gasteiger partial charge in [0.25, 0.3) is 0 Å². The van der Waals surface area contributed by atoms with E-state index < -0.39 is 179 Å². The van der Waals surface area contributed by atoms with Gasteiger partial charge in [-0.15, -0.1) is 0 Å². The summed E-state index contributed by atoms with van der Waals surface area (Å²) in [5.41, 5.74) is -6.23. The van der Waals surface area contributed by atoms with Gasteiger partial charge in [-0.2, -0.15) is 0 Å². The first-order valence-corrected chi connectivity index (χ1v) is 14.5. The van der Waals surface area contributed by atoms with Crippen molar-refractivity contribution in [2.75, 3.05) is 0 Å². The highest BCUT2D eigenvalue weighted by atomic mass is 19.2. The van der Waals surface area contributed by atoms with Gasteiger partial charge in [0.2, 0.25) is 0 Å². The largest absolute Gasteiger partial charge is 0.511 e. The van der Waals surface area contributed by atoms with E-state index >= 15 is 0 Å². The van der Waals surface area contributed by atoms with Crippen LogP contribution in [0.1, 0.15) is 0 Å². The highest BCUT2D eigenvalue weighted by molar-refractivity contribution is 6.67. The molecule has 4 heterocycles. The van der Waals surface area contributed by atoms with Crippen molar-refractivity contribution in [3.8, 4) is 0 Å². The molecule has 0 saturated carbocycles. The van der Waals surface area contributed by atoms with Crippen LogP contribution in [-0.4, -0.2) is 40.8 Å². The summed E-state index contributed by atoms with van der Waals surface area (Å²) in [4.78, 5) is 0. The van der Waals surface area contributed by atoms with Crippen LogP contribution in [-0.2, 0) is 37.2 Å². The Morgan fingerprint density at radius 2 is 0.293 bits per heavy atom. The van der Waals surface area contributed by atoms with Crippen LogP contribution >= 0.6 is 0 Å². The standard InChI is InChI=1S/2C13B2F10O4/c2*16-3-1(4(17)8(21)11(24)7(3)20)14-26-13(27-14)28-15(29-13)2-5(18)9(22)12(25)10(23)6(2)19. The van der Waals surface area contributed by atoms with E-state index in [0.29, 0.717) is 0 Å². The summed E-state index contributed by atoms with van der Waals surface area (Å²) in [6, 6.07) is 0. The Morgan fingerprint density at radius 1 is 0.190 bits per heavy atom. The first-order chi connectivity index (χ1) is 27.0. The Bertz CT molecular complexity index is 1990. The van der Waals surface area contributed by atoms with Gasteiger partial charge in [0.1, 0.15) is 0 Å². The van der Waals surface area contributed by atoms with Crippen molar-refractivity contribution in [1.29, 1.82) is 0 Å². The average molecular weight is 863 g/mol. The summed E-state index contributed by atoms with van der Waals surface area (Å²) in [6.45, 7) is 0. The molecule has 0 aromatic heterocycles. The Labute approximate surface area is 304 Å². The third-order valence-electron chi connectivity index (χ3n) is 7.93. The van der Waals surface area contributed by atoms with Crippen LogP contribution in [0.4, 0.5) is 87.8 Å². The summed E-state index contributed by atoms with van der Waals surface area (Å²) < 4.78 is 303. The summed E-state index contributed by atoms with van der Waals surface area (Å²) in [6.07, 6.45) is -5.43. The second-order valence-electron chi connectivity index (χ2n) is 11.2. The molecule has 0 radical (unpaired) electrons. The molecule has 4 aliphatic rings. The van der Waals surface area contributed by atoms with E-state index in [-0.39, 0.29) is 0 Å². The van der Waals surface area contributed by atoms with Crippen molar-refractivity contribution >= 4 is 50.3 Å². The third-order valence-corrected chi connectivity index (χ3v) is 7.93. The van der Waals surface area contributed by atoms with E-state index in [1.54, 1.807) is 0 Å². The summed E-state index contributed by atoms with van der Waals surface area (Å²) in [5.74, 6) is -46.6. The minimum Gasteiger partial charge on any atom is -0.334 e. The molecular weight excluding hydrogens is 863 g/mol. The van der Waals surface area contributed by atoms with E-state index in [4.69, 9.17) is 0 Å². The monoisotopic (exact) mass is 864 g/mol. The van der Waals surface area contributed by atoms with Crippen LogP contribution < -0.4 is 21.9 Å². The fourth-order valence-corrected chi connectivity index (χ4v) is 5.09. The van der Waals surface area contributed by atoms with Crippen LogP contribution in [0, 0.1) is 116 Å². The van der Waals surface area contributed by atoms with Gasteiger partial charge in [-0.1, -0.05) is 0 Å². The normalized spacial score (nSPS) is 17.6. The second-order valence-corrected chi connectivity index (χ2v) is 11.2. The molecule has 58 heavy (non-hydrogen) atoms. The molecule has 304 valence electrons. The fourth-order valence-electron chi connectivity index (χ4n) is 5.09. The zero-order valence-electron chi connectivity index (χ0n) is 26.1. The summed E-state index contributed by atoms with van der Waals surface area (Å²) in [5, 5.41) is 0. The smallest absolute Gasteiger partial charge is 0.334 e. The van der Waals surface area contributed by atoms with Crippen molar-refractivity contribution in [2.45, 2.75) is 12.3 Å². The first-order valence-electron chi connectivity index (χ1n) is 14.5. The Kier molecular flexibility index (Phi) is 10.1. The van der Waals surface area contributed by atoms with Crippen molar-refractivity contribution in [1.82, 2.24) is 0 Å². The van der Waals surface area contributed by atoms with E-state index in [1.807, 2.05) is 0 Å². The van der Waals surface area contributed by atoms with Gasteiger partial charge in [0, 0.05) is 0 Å². The highest BCUT2D eigenvalue weighted by Crippen LogP contribution is 2.41. The number of benzene rings is 4. The van der Waals surface area contributed by atoms with E-state index in [2.05, 4.69) is 37.2 Å². The number of hydrogen-bond donors (Lipinski definition) is 0. The molecule has 0 aliphatic carbocycles. The van der Waals surface area contributed by atoms with Gasteiger partial charge in [-0.3, -0.25) is 0 Å². The lowest BCUT2D eigenvalue weighted by molar-refractivity contribution is -0.489. The van der Waals surface area contributed by atoms with Crippen LogP contribution in [0.5, 0.6) is 0 Å². The molecule has 2 spiro atoms. The predicted octanol–water partition coefficient (Wildman–Crippen LogP) is 3.75. The minimum absolute atomic E-state index is 1.56. The number of halogens is 20. The maximum absolute atomic E-state index is 13.6. The molecule has 0 amide bonds. The number of rotatable bonds is 4. The Balaban J connectivity index is 0.000000177. The topological polar surface area (TPSA) is 73.8 Å². The lowest BCUT2D eigenvalue weighted by Gasteiger charge is -2.52. The molecule has 4 saturated heterocycles. The van der Waals surface area contributed by atoms with Gasteiger partial charge in [-0.05, 0) is 0 Å². The molecule has 4 aliphatic heterocycles. The summed E-state index contributed by atoms with van der Waals surface area (Å²) >= 11 is 0. The lowest BCUT2D eigenvalue weighted by Crippen LogP contribution is -2.77. The van der Waals surface area contributed by atoms with Gasteiger partial charge in [0.05, 0.1) is 21.9 Å². The summed E-state index contributed by atoms with van der Waals surface area (Å²) in [7, 11) is -9.01. The van der Waals surface area contributed by atoms with Crippen LogP contribution in [0.3, 0.4) is 0 Å². The van der Waals surface area contributed by atoms with Crippen LogP contribution in [0.15, 0.2) is 0 Å². The Hall–Kier alpha value is -4.58. The molecule has 0 bridgehead atoms. The third kappa shape index (κ3) is 6.01. The van der Waals surface area contributed by atoms with E-state index in [0.717, 1.165) is 0 Å². The molecule has 4 fully saturated rings. The molecule has 4 aromatic carbocycles. The van der Waals surface area contributed by atoms with Crippen LogP contribution in [0.25, 0.3) is 0 Å². The van der Waals surface area contributed by atoms with Crippen molar-refractivity contribution in [3.63, 3.8) is 0 Å². The SMILES string of the molecule is Fc1c(F)c(F)c(B2OC3(O2)OB(c2c(F)c(F)c(F)c(F)c2F)O3)c(F)c1F.Fc1c(F)c(F)c(B2OC3(O2)OB(c2c(F)c(F)c(F)c(F)c2F)O3)c(F)c1F. The maximum atomic E-state index is 13.6. The van der Waals surface area contributed by atoms with Crippen LogP contribution in [0.2, 0.25) is 0 Å². The zero-order valence-corrected chi connectivity index (χ0v) is 26.1. The molecule has 8 rings (SSSR count). The van der Waals surface area contributed by atoms with Gasteiger partial charge in [-0.25, -0.2) is 87.8 Å².